The van der Waals surface area contributed by atoms with Crippen LogP contribution in [0.1, 0.15) is 32.6 Å². The van der Waals surface area contributed by atoms with Gasteiger partial charge in [0.2, 0.25) is 0 Å². The molecule has 0 radical (unpaired) electrons. The van der Waals surface area contributed by atoms with Crippen molar-refractivity contribution in [3.05, 3.63) is 30.6 Å². The highest BCUT2D eigenvalue weighted by atomic mass is 16.5. The van der Waals surface area contributed by atoms with E-state index in [1.54, 1.807) is 13.4 Å². The molecule has 0 N–H and O–H groups in total. The number of para-hydroxylation sites is 1. The van der Waals surface area contributed by atoms with Gasteiger partial charge in [-0.2, -0.15) is 0 Å². The Labute approximate surface area is 141 Å². The largest absolute Gasteiger partial charge is 0.450 e. The zero-order valence-electron chi connectivity index (χ0n) is 14.3. The molecule has 1 unspecified atom stereocenters. The monoisotopic (exact) mass is 325 g/mol. The number of nitrogens with zero attached hydrogens (tertiary/aromatic N) is 3. The molecule has 5 heteroatoms. The molecule has 3 heterocycles. The van der Waals surface area contributed by atoms with E-state index in [0.717, 1.165) is 60.1 Å². The number of anilines is 1. The van der Waals surface area contributed by atoms with Crippen LogP contribution in [0.15, 0.2) is 35.0 Å². The Balaban J connectivity index is 1.88. The van der Waals surface area contributed by atoms with Crippen LogP contribution in [0.25, 0.3) is 22.1 Å². The Morgan fingerprint density at radius 1 is 1.29 bits per heavy atom. The molecule has 4 rings (SSSR count). The molecule has 1 aromatic carbocycles. The molecule has 1 fully saturated rings. The molecule has 1 aliphatic heterocycles. The van der Waals surface area contributed by atoms with Crippen LogP contribution in [0.5, 0.6) is 0 Å². The molecule has 0 bridgehead atoms. The van der Waals surface area contributed by atoms with Crippen molar-refractivity contribution < 1.29 is 9.15 Å². The Morgan fingerprint density at radius 2 is 2.17 bits per heavy atom. The molecule has 0 saturated carbocycles. The van der Waals surface area contributed by atoms with E-state index in [-0.39, 0.29) is 5.54 Å². The number of hydrogen-bond acceptors (Lipinski definition) is 5. The van der Waals surface area contributed by atoms with Gasteiger partial charge in [0.1, 0.15) is 17.4 Å². The van der Waals surface area contributed by atoms with Crippen molar-refractivity contribution in [3.8, 4) is 0 Å². The minimum Gasteiger partial charge on any atom is -0.450 e. The standard InChI is InChI=1S/C19H23N3O2/c1-3-9-19(12-23-2)10-6-11-22(19)18-17-16(20-13-21-18)14-7-4-5-8-15(14)24-17/h4-5,7-8,13H,3,6,9-12H2,1-2H3. The van der Waals surface area contributed by atoms with E-state index in [0.29, 0.717) is 6.61 Å². The number of rotatable bonds is 5. The average Bonchev–Trinajstić information content (AvgIpc) is 3.17. The molecule has 1 aliphatic rings. The molecule has 126 valence electrons. The van der Waals surface area contributed by atoms with E-state index < -0.39 is 0 Å². The van der Waals surface area contributed by atoms with Gasteiger partial charge in [-0.1, -0.05) is 25.5 Å². The van der Waals surface area contributed by atoms with Crippen molar-refractivity contribution in [3.63, 3.8) is 0 Å². The van der Waals surface area contributed by atoms with Crippen molar-refractivity contribution in [2.45, 2.75) is 38.1 Å². The predicted octanol–water partition coefficient (Wildman–Crippen LogP) is 4.16. The smallest absolute Gasteiger partial charge is 0.196 e. The lowest BCUT2D eigenvalue weighted by Gasteiger charge is -2.38. The van der Waals surface area contributed by atoms with Crippen molar-refractivity contribution in [2.75, 3.05) is 25.2 Å². The van der Waals surface area contributed by atoms with Gasteiger partial charge in [-0.25, -0.2) is 9.97 Å². The first-order valence-electron chi connectivity index (χ1n) is 8.68. The van der Waals surface area contributed by atoms with E-state index in [1.807, 2.05) is 18.2 Å². The van der Waals surface area contributed by atoms with Crippen LogP contribution in [-0.2, 0) is 4.74 Å². The SMILES string of the molecule is CCCC1(COC)CCCN1c1ncnc2c1oc1ccccc12. The maximum atomic E-state index is 6.14. The normalized spacial score (nSPS) is 21.2. The van der Waals surface area contributed by atoms with Crippen LogP contribution in [0, 0.1) is 0 Å². The van der Waals surface area contributed by atoms with Gasteiger partial charge in [0, 0.05) is 19.0 Å². The number of fused-ring (bicyclic) bond motifs is 3. The van der Waals surface area contributed by atoms with Gasteiger partial charge in [-0.3, -0.25) is 0 Å². The van der Waals surface area contributed by atoms with E-state index >= 15 is 0 Å². The van der Waals surface area contributed by atoms with E-state index in [1.165, 1.54) is 0 Å². The third-order valence-electron chi connectivity index (χ3n) is 5.12. The fraction of sp³-hybridized carbons (Fsp3) is 0.474. The molecule has 3 aromatic rings. The second-order valence-corrected chi connectivity index (χ2v) is 6.64. The van der Waals surface area contributed by atoms with Crippen molar-refractivity contribution in [2.24, 2.45) is 0 Å². The van der Waals surface area contributed by atoms with Gasteiger partial charge >= 0.3 is 0 Å². The molecular weight excluding hydrogens is 302 g/mol. The van der Waals surface area contributed by atoms with Gasteiger partial charge in [0.15, 0.2) is 11.4 Å². The topological polar surface area (TPSA) is 51.4 Å². The molecule has 1 atom stereocenters. The molecule has 0 aliphatic carbocycles. The maximum absolute atomic E-state index is 6.14. The molecule has 2 aromatic heterocycles. The number of aromatic nitrogens is 2. The Kier molecular flexibility index (Phi) is 3.88. The molecule has 0 amide bonds. The summed E-state index contributed by atoms with van der Waals surface area (Å²) in [6, 6.07) is 8.04. The summed E-state index contributed by atoms with van der Waals surface area (Å²) in [5.74, 6) is 0.902. The number of benzene rings is 1. The highest BCUT2D eigenvalue weighted by Gasteiger charge is 2.42. The number of furan rings is 1. The zero-order valence-corrected chi connectivity index (χ0v) is 14.3. The lowest BCUT2D eigenvalue weighted by atomic mass is 9.91. The summed E-state index contributed by atoms with van der Waals surface area (Å²) in [5, 5.41) is 1.04. The van der Waals surface area contributed by atoms with Crippen LogP contribution in [0.2, 0.25) is 0 Å². The van der Waals surface area contributed by atoms with Crippen molar-refractivity contribution in [1.82, 2.24) is 9.97 Å². The summed E-state index contributed by atoms with van der Waals surface area (Å²) in [7, 11) is 1.78. The van der Waals surface area contributed by atoms with Gasteiger partial charge in [-0.05, 0) is 31.4 Å². The minimum absolute atomic E-state index is 0.00373. The van der Waals surface area contributed by atoms with E-state index in [9.17, 15) is 0 Å². The summed E-state index contributed by atoms with van der Waals surface area (Å²) in [5.41, 5.74) is 2.55. The second-order valence-electron chi connectivity index (χ2n) is 6.64. The fourth-order valence-electron chi connectivity index (χ4n) is 4.19. The van der Waals surface area contributed by atoms with Crippen molar-refractivity contribution >= 4 is 27.9 Å². The molecular formula is C19H23N3O2. The van der Waals surface area contributed by atoms with Crippen LogP contribution < -0.4 is 4.90 Å². The second kappa shape index (κ2) is 6.06. The maximum Gasteiger partial charge on any atom is 0.196 e. The summed E-state index contributed by atoms with van der Waals surface area (Å²) in [6.07, 6.45) is 6.14. The van der Waals surface area contributed by atoms with E-state index in [2.05, 4.69) is 27.9 Å². The highest BCUT2D eigenvalue weighted by molar-refractivity contribution is 6.05. The molecule has 24 heavy (non-hydrogen) atoms. The summed E-state index contributed by atoms with van der Waals surface area (Å²) in [6.45, 7) is 3.92. The Bertz CT molecular complexity index is 852. The highest BCUT2D eigenvalue weighted by Crippen LogP contribution is 2.41. The Morgan fingerprint density at radius 3 is 3.00 bits per heavy atom. The number of methoxy groups -OCH3 is 1. The van der Waals surface area contributed by atoms with Crippen LogP contribution in [0.4, 0.5) is 5.82 Å². The molecule has 5 nitrogen and oxygen atoms in total. The summed E-state index contributed by atoms with van der Waals surface area (Å²) in [4.78, 5) is 11.5. The minimum atomic E-state index is 0.00373. The summed E-state index contributed by atoms with van der Waals surface area (Å²) >= 11 is 0. The van der Waals surface area contributed by atoms with Crippen LogP contribution in [-0.4, -0.2) is 35.8 Å². The number of ether oxygens (including phenoxy) is 1. The third kappa shape index (κ3) is 2.26. The number of hydrogen-bond donors (Lipinski definition) is 0. The van der Waals surface area contributed by atoms with Crippen LogP contribution in [0.3, 0.4) is 0 Å². The van der Waals surface area contributed by atoms with E-state index in [4.69, 9.17) is 9.15 Å². The third-order valence-corrected chi connectivity index (χ3v) is 5.12. The average molecular weight is 325 g/mol. The first kappa shape index (κ1) is 15.4. The quantitative estimate of drug-likeness (QED) is 0.705. The summed E-state index contributed by atoms with van der Waals surface area (Å²) < 4.78 is 11.7. The predicted molar refractivity (Wildman–Crippen MR) is 95.4 cm³/mol. The Hall–Kier alpha value is -2.14. The lowest BCUT2D eigenvalue weighted by Crippen LogP contribution is -2.48. The molecule has 1 saturated heterocycles. The molecule has 0 spiro atoms. The van der Waals surface area contributed by atoms with Gasteiger partial charge in [-0.15, -0.1) is 0 Å². The zero-order chi connectivity index (χ0) is 16.6. The van der Waals surface area contributed by atoms with Gasteiger partial charge in [0.25, 0.3) is 0 Å². The lowest BCUT2D eigenvalue weighted by molar-refractivity contribution is 0.127. The van der Waals surface area contributed by atoms with Gasteiger partial charge < -0.3 is 14.1 Å². The van der Waals surface area contributed by atoms with Gasteiger partial charge in [0.05, 0.1) is 12.1 Å². The fourth-order valence-corrected chi connectivity index (χ4v) is 4.19. The first-order chi connectivity index (χ1) is 11.8. The first-order valence-corrected chi connectivity index (χ1v) is 8.68. The van der Waals surface area contributed by atoms with Crippen molar-refractivity contribution in [1.29, 1.82) is 0 Å². The van der Waals surface area contributed by atoms with Crippen LogP contribution >= 0.6 is 0 Å².